The predicted molar refractivity (Wildman–Crippen MR) is 112 cm³/mol. The quantitative estimate of drug-likeness (QED) is 0.772. The van der Waals surface area contributed by atoms with E-state index in [1.54, 1.807) is 36.4 Å². The molecule has 0 spiro atoms. The Kier molecular flexibility index (Phi) is 6.79. The molecule has 0 aliphatic carbocycles. The van der Waals surface area contributed by atoms with Gasteiger partial charge in [-0.05, 0) is 43.7 Å². The fourth-order valence-electron chi connectivity index (χ4n) is 3.06. The van der Waals surface area contributed by atoms with Crippen molar-refractivity contribution in [3.63, 3.8) is 0 Å². The Morgan fingerprint density at radius 1 is 1.14 bits per heavy atom. The molecule has 146 valence electrons. The molecular weight excluding hydrogens is 376 g/mol. The Morgan fingerprint density at radius 3 is 2.64 bits per heavy atom. The molecular formula is C21H23ClN4O2. The second kappa shape index (κ2) is 9.48. The van der Waals surface area contributed by atoms with Crippen molar-refractivity contribution in [3.05, 3.63) is 64.8 Å². The summed E-state index contributed by atoms with van der Waals surface area (Å²) in [5.74, 6) is -0.125. The first-order valence-corrected chi connectivity index (χ1v) is 9.69. The zero-order chi connectivity index (χ0) is 19.9. The highest BCUT2D eigenvalue weighted by atomic mass is 35.5. The van der Waals surface area contributed by atoms with Gasteiger partial charge in [0, 0.05) is 24.9 Å². The maximum Gasteiger partial charge on any atom is 0.258 e. The number of rotatable bonds is 6. The molecule has 1 aromatic carbocycles. The minimum Gasteiger partial charge on any atom is -0.322 e. The van der Waals surface area contributed by atoms with Crippen LogP contribution < -0.4 is 10.6 Å². The molecule has 2 amide bonds. The topological polar surface area (TPSA) is 74.3 Å². The van der Waals surface area contributed by atoms with Gasteiger partial charge in [0.1, 0.15) is 5.82 Å². The lowest BCUT2D eigenvalue weighted by molar-refractivity contribution is -0.113. The van der Waals surface area contributed by atoms with Crippen molar-refractivity contribution >= 4 is 34.9 Å². The normalized spacial score (nSPS) is 14.3. The predicted octanol–water partition coefficient (Wildman–Crippen LogP) is 3.97. The molecule has 0 saturated carbocycles. The van der Waals surface area contributed by atoms with Crippen molar-refractivity contribution in [1.82, 2.24) is 9.88 Å². The van der Waals surface area contributed by atoms with Crippen LogP contribution in [0, 0.1) is 0 Å². The number of pyridine rings is 1. The van der Waals surface area contributed by atoms with Crippen molar-refractivity contribution in [2.45, 2.75) is 19.8 Å². The van der Waals surface area contributed by atoms with E-state index < -0.39 is 0 Å². The molecule has 0 fully saturated rings. The Bertz CT molecular complexity index is 880. The van der Waals surface area contributed by atoms with Crippen LogP contribution in [0.4, 0.5) is 11.5 Å². The van der Waals surface area contributed by atoms with E-state index in [1.807, 2.05) is 6.08 Å². The van der Waals surface area contributed by atoms with E-state index in [0.717, 1.165) is 31.6 Å². The number of carbonyl (C=O) groups is 2. The molecule has 1 aliphatic rings. The van der Waals surface area contributed by atoms with E-state index in [2.05, 4.69) is 27.4 Å². The van der Waals surface area contributed by atoms with Crippen molar-refractivity contribution in [1.29, 1.82) is 0 Å². The summed E-state index contributed by atoms with van der Waals surface area (Å²) in [5, 5.41) is 6.08. The number of aromatic nitrogens is 1. The first-order valence-electron chi connectivity index (χ1n) is 9.31. The molecule has 2 aromatic rings. The third-order valence-corrected chi connectivity index (χ3v) is 4.74. The fourth-order valence-corrected chi connectivity index (χ4v) is 3.17. The van der Waals surface area contributed by atoms with Crippen molar-refractivity contribution in [2.75, 3.05) is 30.3 Å². The van der Waals surface area contributed by atoms with Gasteiger partial charge < -0.3 is 10.6 Å². The van der Waals surface area contributed by atoms with Crippen LogP contribution >= 0.6 is 11.6 Å². The highest BCUT2D eigenvalue weighted by molar-refractivity contribution is 6.30. The minimum absolute atomic E-state index is 0.166. The summed E-state index contributed by atoms with van der Waals surface area (Å²) in [6, 6.07) is 10.2. The zero-order valence-electron chi connectivity index (χ0n) is 15.7. The summed E-state index contributed by atoms with van der Waals surface area (Å²) in [5.41, 5.74) is 1.59. The minimum atomic E-state index is -0.350. The fraction of sp³-hybridized carbons (Fsp3) is 0.286. The van der Waals surface area contributed by atoms with E-state index in [-0.39, 0.29) is 11.8 Å². The van der Waals surface area contributed by atoms with Crippen LogP contribution in [0.25, 0.3) is 0 Å². The van der Waals surface area contributed by atoms with Gasteiger partial charge in [0.2, 0.25) is 0 Å². The Morgan fingerprint density at radius 2 is 1.96 bits per heavy atom. The second-order valence-electron chi connectivity index (χ2n) is 6.60. The van der Waals surface area contributed by atoms with E-state index in [9.17, 15) is 9.59 Å². The van der Waals surface area contributed by atoms with E-state index in [0.29, 0.717) is 28.5 Å². The number of anilines is 2. The molecule has 2 N–H and O–H groups in total. The monoisotopic (exact) mass is 398 g/mol. The van der Waals surface area contributed by atoms with Gasteiger partial charge in [0.05, 0.1) is 16.3 Å². The highest BCUT2D eigenvalue weighted by Gasteiger charge is 2.19. The molecule has 0 radical (unpaired) electrons. The van der Waals surface area contributed by atoms with Crippen LogP contribution in [-0.2, 0) is 4.79 Å². The third-order valence-electron chi connectivity index (χ3n) is 4.51. The smallest absolute Gasteiger partial charge is 0.258 e. The largest absolute Gasteiger partial charge is 0.322 e. The number of benzene rings is 1. The van der Waals surface area contributed by atoms with E-state index in [4.69, 9.17) is 11.6 Å². The summed E-state index contributed by atoms with van der Waals surface area (Å²) in [6.45, 7) is 4.83. The van der Waals surface area contributed by atoms with Gasteiger partial charge in [-0.1, -0.05) is 36.7 Å². The molecule has 1 aliphatic heterocycles. The molecule has 28 heavy (non-hydrogen) atoms. The molecule has 3 rings (SSSR count). The Labute approximate surface area is 169 Å². The number of hydrogen-bond donors (Lipinski definition) is 2. The van der Waals surface area contributed by atoms with Crippen molar-refractivity contribution < 1.29 is 9.59 Å². The summed E-state index contributed by atoms with van der Waals surface area (Å²) < 4.78 is 0. The van der Waals surface area contributed by atoms with E-state index in [1.165, 1.54) is 6.20 Å². The average Bonchev–Trinajstić information content (AvgIpc) is 2.71. The second-order valence-corrected chi connectivity index (χ2v) is 7.03. The zero-order valence-corrected chi connectivity index (χ0v) is 16.5. The van der Waals surface area contributed by atoms with Crippen LogP contribution in [0.5, 0.6) is 0 Å². The standard InChI is InChI=1S/C21H23ClN4O2/c1-2-11-26-12-9-15(10-13-26)20(27)24-18-6-4-3-5-17(18)21(28)25-19-8-7-16(22)14-23-19/h3-9,14H,2,10-13H2,1H3,(H,24,27)(H,23,25,28). The van der Waals surface area contributed by atoms with E-state index >= 15 is 0 Å². The lowest BCUT2D eigenvalue weighted by atomic mass is 10.1. The number of amides is 2. The van der Waals surface area contributed by atoms with Crippen LogP contribution in [-0.4, -0.2) is 41.3 Å². The average molecular weight is 399 g/mol. The van der Waals surface area contributed by atoms with Gasteiger partial charge in [0.25, 0.3) is 11.8 Å². The number of carbonyl (C=O) groups excluding carboxylic acids is 2. The number of para-hydroxylation sites is 1. The molecule has 0 bridgehead atoms. The molecule has 0 atom stereocenters. The molecule has 0 unspecified atom stereocenters. The van der Waals surface area contributed by atoms with Crippen molar-refractivity contribution in [2.24, 2.45) is 0 Å². The van der Waals surface area contributed by atoms with Crippen LogP contribution in [0.15, 0.2) is 54.2 Å². The van der Waals surface area contributed by atoms with Gasteiger partial charge in [0.15, 0.2) is 0 Å². The van der Waals surface area contributed by atoms with Gasteiger partial charge in [-0.2, -0.15) is 0 Å². The molecule has 0 saturated heterocycles. The summed E-state index contributed by atoms with van der Waals surface area (Å²) in [7, 11) is 0. The van der Waals surface area contributed by atoms with Gasteiger partial charge in [-0.3, -0.25) is 14.5 Å². The number of halogens is 1. The van der Waals surface area contributed by atoms with Crippen LogP contribution in [0.3, 0.4) is 0 Å². The van der Waals surface area contributed by atoms with Crippen LogP contribution in [0.2, 0.25) is 5.02 Å². The number of hydrogen-bond acceptors (Lipinski definition) is 4. The molecule has 6 nitrogen and oxygen atoms in total. The van der Waals surface area contributed by atoms with Gasteiger partial charge >= 0.3 is 0 Å². The summed E-state index contributed by atoms with van der Waals surface area (Å²) in [6.07, 6.45) is 5.23. The Hall–Kier alpha value is -2.70. The maximum absolute atomic E-state index is 12.6. The summed E-state index contributed by atoms with van der Waals surface area (Å²) in [4.78, 5) is 31.7. The maximum atomic E-state index is 12.6. The first-order chi connectivity index (χ1) is 13.6. The van der Waals surface area contributed by atoms with Crippen molar-refractivity contribution in [3.8, 4) is 0 Å². The lowest BCUT2D eigenvalue weighted by Crippen LogP contribution is -2.32. The third kappa shape index (κ3) is 5.18. The number of nitrogens with one attached hydrogen (secondary N) is 2. The van der Waals surface area contributed by atoms with Gasteiger partial charge in [-0.15, -0.1) is 0 Å². The first kappa shape index (κ1) is 20.0. The SMILES string of the molecule is CCCN1CC=C(C(=O)Nc2ccccc2C(=O)Nc2ccc(Cl)cn2)CC1. The molecule has 2 heterocycles. The number of nitrogens with zero attached hydrogens (tertiary/aromatic N) is 2. The highest BCUT2D eigenvalue weighted by Crippen LogP contribution is 2.20. The molecule has 1 aromatic heterocycles. The Balaban J connectivity index is 1.69. The lowest BCUT2D eigenvalue weighted by Gasteiger charge is -2.25. The summed E-state index contributed by atoms with van der Waals surface area (Å²) >= 11 is 5.82. The van der Waals surface area contributed by atoms with Gasteiger partial charge in [-0.25, -0.2) is 4.98 Å². The molecule has 7 heteroatoms. The van der Waals surface area contributed by atoms with Crippen LogP contribution in [0.1, 0.15) is 30.1 Å².